The molecule has 3 rings (SSSR count). The first-order chi connectivity index (χ1) is 6.77. The number of fused-ring (bicyclic) bond motifs is 3. The van der Waals surface area contributed by atoms with Crippen molar-refractivity contribution in [3.05, 3.63) is 23.1 Å². The van der Waals surface area contributed by atoms with Gasteiger partial charge in [0, 0.05) is 10.3 Å². The zero-order valence-electron chi connectivity index (χ0n) is 6.85. The van der Waals surface area contributed by atoms with Gasteiger partial charge < -0.3 is 0 Å². The van der Waals surface area contributed by atoms with Gasteiger partial charge in [0.15, 0.2) is 0 Å². The molecule has 2 aromatic heterocycles. The highest BCUT2D eigenvalue weighted by Crippen LogP contribution is 2.40. The summed E-state index contributed by atoms with van der Waals surface area (Å²) >= 11 is 8.60. The summed E-state index contributed by atoms with van der Waals surface area (Å²) in [6.07, 6.45) is 3.52. The summed E-state index contributed by atoms with van der Waals surface area (Å²) in [5.41, 5.74) is 1.18. The van der Waals surface area contributed by atoms with Crippen molar-refractivity contribution in [3.8, 4) is 0 Å². The molecule has 1 atom stereocenters. The van der Waals surface area contributed by atoms with E-state index in [0.29, 0.717) is 0 Å². The lowest BCUT2D eigenvalue weighted by molar-refractivity contribution is -0.107. The van der Waals surface area contributed by atoms with Gasteiger partial charge in [-0.05, 0) is 44.2 Å². The second-order valence-electron chi connectivity index (χ2n) is 2.84. The first-order valence-corrected chi connectivity index (χ1v) is 7.76. The maximum atomic E-state index is 11.4. The van der Waals surface area contributed by atoms with Crippen molar-refractivity contribution in [2.45, 2.75) is 4.21 Å². The van der Waals surface area contributed by atoms with Crippen LogP contribution in [0.1, 0.15) is 5.56 Å². The van der Waals surface area contributed by atoms with Crippen LogP contribution in [-0.4, -0.2) is 5.12 Å². The fourth-order valence-electron chi connectivity index (χ4n) is 1.41. The minimum absolute atomic E-state index is 0.0707. The van der Waals surface area contributed by atoms with Crippen molar-refractivity contribution < 1.29 is 4.79 Å². The van der Waals surface area contributed by atoms with Gasteiger partial charge in [-0.3, -0.25) is 4.79 Å². The minimum Gasteiger partial charge on any atom is -0.282 e. The van der Waals surface area contributed by atoms with Crippen LogP contribution in [0.5, 0.6) is 0 Å². The molecule has 0 aliphatic carbocycles. The molecule has 1 nitrogen and oxygen atoms in total. The Bertz CT molecular complexity index is 587. The number of hydrogen-bond donors (Lipinski definition) is 0. The standard InChI is InChI=1S/C9H4OS4/c10-7-2-1-5-8-6(3-4-12-8)13-9(5)14(7)11/h1-4H. The second-order valence-corrected chi connectivity index (χ2v) is 7.41. The zero-order chi connectivity index (χ0) is 9.71. The monoisotopic (exact) mass is 256 g/mol. The van der Waals surface area contributed by atoms with Gasteiger partial charge >= 0.3 is 0 Å². The summed E-state index contributed by atoms with van der Waals surface area (Å²) < 4.78 is 3.60. The van der Waals surface area contributed by atoms with Gasteiger partial charge in [-0.2, -0.15) is 0 Å². The van der Waals surface area contributed by atoms with Crippen molar-refractivity contribution in [2.24, 2.45) is 0 Å². The Morgan fingerprint density at radius 2 is 2.21 bits per heavy atom. The average Bonchev–Trinajstić information content (AvgIpc) is 2.71. The first-order valence-electron chi connectivity index (χ1n) is 3.91. The highest BCUT2D eigenvalue weighted by atomic mass is 32.8. The molecule has 0 amide bonds. The quantitative estimate of drug-likeness (QED) is 0.721. The third-order valence-electron chi connectivity index (χ3n) is 2.03. The maximum Gasteiger partial charge on any atom is 0.221 e. The number of hydrogen-bond acceptors (Lipinski definition) is 4. The van der Waals surface area contributed by atoms with Crippen LogP contribution >= 0.6 is 22.7 Å². The zero-order valence-corrected chi connectivity index (χ0v) is 10.1. The molecule has 2 aromatic rings. The Hall–Kier alpha value is -0.360. The van der Waals surface area contributed by atoms with Gasteiger partial charge in [0.2, 0.25) is 5.12 Å². The van der Waals surface area contributed by atoms with Crippen LogP contribution in [0.3, 0.4) is 0 Å². The fraction of sp³-hybridized carbons (Fsp3) is 0. The van der Waals surface area contributed by atoms with Gasteiger partial charge in [-0.25, -0.2) is 0 Å². The normalized spacial score (nSPS) is 20.3. The molecule has 0 spiro atoms. The second kappa shape index (κ2) is 3.06. The summed E-state index contributed by atoms with van der Waals surface area (Å²) in [6.45, 7) is 0. The molecule has 3 heterocycles. The molecule has 0 fully saturated rings. The Morgan fingerprint density at radius 3 is 3.07 bits per heavy atom. The van der Waals surface area contributed by atoms with Crippen molar-refractivity contribution >= 4 is 63.9 Å². The Morgan fingerprint density at radius 1 is 1.36 bits per heavy atom. The molecule has 5 heteroatoms. The topological polar surface area (TPSA) is 17.1 Å². The Balaban J connectivity index is 2.43. The smallest absolute Gasteiger partial charge is 0.221 e. The van der Waals surface area contributed by atoms with E-state index in [2.05, 4.69) is 11.4 Å². The van der Waals surface area contributed by atoms with Gasteiger partial charge in [-0.15, -0.1) is 22.7 Å². The highest BCUT2D eigenvalue weighted by Gasteiger charge is 2.21. The van der Waals surface area contributed by atoms with Crippen LogP contribution in [0.4, 0.5) is 0 Å². The van der Waals surface area contributed by atoms with Crippen LogP contribution in [0.15, 0.2) is 21.7 Å². The minimum atomic E-state index is -0.638. The number of carbonyl (C=O) groups excluding carboxylic acids is 1. The molecule has 0 aromatic carbocycles. The molecule has 0 radical (unpaired) electrons. The molecule has 0 saturated heterocycles. The van der Waals surface area contributed by atoms with Gasteiger partial charge in [-0.1, -0.05) is 0 Å². The molecule has 0 bridgehead atoms. The van der Waals surface area contributed by atoms with E-state index in [1.54, 1.807) is 28.7 Å². The molecule has 14 heavy (non-hydrogen) atoms. The molecular weight excluding hydrogens is 252 g/mol. The van der Waals surface area contributed by atoms with E-state index < -0.39 is 9.45 Å². The van der Waals surface area contributed by atoms with E-state index in [9.17, 15) is 4.79 Å². The Kier molecular flexibility index (Phi) is 1.95. The van der Waals surface area contributed by atoms with Gasteiger partial charge in [0.1, 0.15) is 0 Å². The number of carbonyl (C=O) groups is 1. The van der Waals surface area contributed by atoms with Crippen LogP contribution in [-0.2, 0) is 25.4 Å². The van der Waals surface area contributed by atoms with E-state index in [1.165, 1.54) is 15.0 Å². The predicted molar refractivity (Wildman–Crippen MR) is 66.7 cm³/mol. The summed E-state index contributed by atoms with van der Waals surface area (Å²) in [5, 5.41) is 2.15. The molecule has 0 N–H and O–H groups in total. The van der Waals surface area contributed by atoms with E-state index in [4.69, 9.17) is 11.2 Å². The number of rotatable bonds is 0. The van der Waals surface area contributed by atoms with E-state index >= 15 is 0 Å². The fourth-order valence-corrected chi connectivity index (χ4v) is 5.84. The molecule has 70 valence electrons. The SMILES string of the molecule is O=C1C=Cc2c(sc3ccsc23)S1=S. The summed E-state index contributed by atoms with van der Waals surface area (Å²) in [7, 11) is -0.638. The van der Waals surface area contributed by atoms with Crippen molar-refractivity contribution in [2.75, 3.05) is 0 Å². The molecular formula is C9H4OS4. The lowest BCUT2D eigenvalue weighted by Gasteiger charge is -2.04. The average molecular weight is 256 g/mol. The number of thiophene rings is 2. The summed E-state index contributed by atoms with van der Waals surface area (Å²) in [6, 6.07) is 2.09. The predicted octanol–water partition coefficient (Wildman–Crippen LogP) is 2.96. The van der Waals surface area contributed by atoms with Crippen molar-refractivity contribution in [1.82, 2.24) is 0 Å². The molecule has 1 aliphatic rings. The van der Waals surface area contributed by atoms with Crippen molar-refractivity contribution in [3.63, 3.8) is 0 Å². The van der Waals surface area contributed by atoms with E-state index in [0.717, 1.165) is 4.21 Å². The highest BCUT2D eigenvalue weighted by molar-refractivity contribution is 8.38. The first kappa shape index (κ1) is 8.91. The van der Waals surface area contributed by atoms with Gasteiger partial charge in [0.25, 0.3) is 0 Å². The third-order valence-corrected chi connectivity index (χ3v) is 7.19. The largest absolute Gasteiger partial charge is 0.282 e. The maximum absolute atomic E-state index is 11.4. The third kappa shape index (κ3) is 1.10. The van der Waals surface area contributed by atoms with E-state index in [-0.39, 0.29) is 5.12 Å². The van der Waals surface area contributed by atoms with Crippen molar-refractivity contribution in [1.29, 1.82) is 0 Å². The Labute approximate surface area is 95.7 Å². The molecule has 0 saturated carbocycles. The van der Waals surface area contributed by atoms with Crippen LogP contribution in [0.25, 0.3) is 15.5 Å². The van der Waals surface area contributed by atoms with Crippen LogP contribution in [0.2, 0.25) is 0 Å². The van der Waals surface area contributed by atoms with Gasteiger partial charge in [0.05, 0.1) is 8.91 Å². The van der Waals surface area contributed by atoms with E-state index in [1.807, 2.05) is 6.08 Å². The summed E-state index contributed by atoms with van der Waals surface area (Å²) in [5.74, 6) is 0. The summed E-state index contributed by atoms with van der Waals surface area (Å²) in [4.78, 5) is 11.4. The molecule has 1 aliphatic heterocycles. The van der Waals surface area contributed by atoms with Crippen LogP contribution in [0, 0.1) is 0 Å². The van der Waals surface area contributed by atoms with Crippen LogP contribution < -0.4 is 0 Å². The lowest BCUT2D eigenvalue weighted by atomic mass is 10.3. The molecule has 1 unspecified atom stereocenters. The lowest BCUT2D eigenvalue weighted by Crippen LogP contribution is -2.05.